The molecule has 0 heterocycles. The van der Waals surface area contributed by atoms with E-state index in [1.807, 2.05) is 0 Å². The van der Waals surface area contributed by atoms with Gasteiger partial charge in [-0.1, -0.05) is 23.9 Å². The summed E-state index contributed by atoms with van der Waals surface area (Å²) in [5.74, 6) is -9.24. The van der Waals surface area contributed by atoms with Crippen LogP contribution < -0.4 is 5.73 Å². The van der Waals surface area contributed by atoms with E-state index >= 15 is 0 Å². The molecule has 0 aliphatic heterocycles. The lowest BCUT2D eigenvalue weighted by Gasteiger charge is -2.14. The summed E-state index contributed by atoms with van der Waals surface area (Å²) < 4.78 is 91.7. The van der Waals surface area contributed by atoms with Crippen LogP contribution >= 0.6 is 11.8 Å². The molecule has 0 aromatic heterocycles. The second-order valence-electron chi connectivity index (χ2n) is 4.10. The van der Waals surface area contributed by atoms with Crippen LogP contribution in [0.3, 0.4) is 0 Å². The fourth-order valence-corrected chi connectivity index (χ4v) is 2.54. The summed E-state index contributed by atoms with van der Waals surface area (Å²) >= 11 is 0.193. The van der Waals surface area contributed by atoms with Crippen molar-refractivity contribution >= 4 is 17.4 Å². The Morgan fingerprint density at radius 2 is 1.32 bits per heavy atom. The molecule has 2 aromatic carbocycles. The van der Waals surface area contributed by atoms with Crippen molar-refractivity contribution in [2.75, 3.05) is 5.73 Å². The van der Waals surface area contributed by atoms with Crippen molar-refractivity contribution in [2.24, 2.45) is 0 Å². The van der Waals surface area contributed by atoms with E-state index in [9.17, 15) is 30.7 Å². The minimum atomic E-state index is -5.56. The molecule has 0 aliphatic rings. The molecule has 0 saturated carbocycles. The highest BCUT2D eigenvalue weighted by Gasteiger charge is 2.42. The van der Waals surface area contributed by atoms with Crippen LogP contribution in [-0.4, -0.2) is 0 Å². The molecule has 118 valence electrons. The molecule has 0 aliphatic carbocycles. The molecule has 2 rings (SSSR count). The van der Waals surface area contributed by atoms with Crippen molar-refractivity contribution in [1.29, 1.82) is 0 Å². The van der Waals surface area contributed by atoms with Crippen molar-refractivity contribution in [3.63, 3.8) is 0 Å². The number of nitrogens with two attached hydrogens (primary N) is 1. The molecule has 2 N–H and O–H groups in total. The van der Waals surface area contributed by atoms with Crippen LogP contribution in [0.2, 0.25) is 0 Å². The van der Waals surface area contributed by atoms with E-state index < -0.39 is 39.9 Å². The quantitative estimate of drug-likeness (QED) is 0.473. The topological polar surface area (TPSA) is 26.0 Å². The summed E-state index contributed by atoms with van der Waals surface area (Å²) in [4.78, 5) is -1.19. The number of rotatable bonds is 2. The number of hydrogen-bond donors (Lipinski definition) is 1. The third-order valence-electron chi connectivity index (χ3n) is 2.64. The predicted octanol–water partition coefficient (Wildman–Crippen LogP) is 5.00. The van der Waals surface area contributed by atoms with E-state index in [1.54, 1.807) is 0 Å². The molecule has 0 saturated heterocycles. The Morgan fingerprint density at radius 1 is 0.818 bits per heavy atom. The first-order valence-electron chi connectivity index (χ1n) is 5.60. The molecule has 2 aromatic rings. The lowest BCUT2D eigenvalue weighted by Crippen LogP contribution is -2.15. The Kier molecular flexibility index (Phi) is 4.28. The third-order valence-corrected chi connectivity index (χ3v) is 3.79. The molecule has 0 atom stereocenters. The van der Waals surface area contributed by atoms with Crippen LogP contribution in [0.1, 0.15) is 5.56 Å². The van der Waals surface area contributed by atoms with Crippen molar-refractivity contribution in [3.8, 4) is 0 Å². The van der Waals surface area contributed by atoms with Gasteiger partial charge in [0.15, 0.2) is 23.3 Å². The summed E-state index contributed by atoms with van der Waals surface area (Å²) in [6.07, 6.45) is -5.56. The van der Waals surface area contributed by atoms with Gasteiger partial charge in [-0.15, -0.1) is 0 Å². The average molecular weight is 341 g/mol. The molecule has 22 heavy (non-hydrogen) atoms. The highest BCUT2D eigenvalue weighted by atomic mass is 32.2. The number of halogens is 7. The molecule has 0 bridgehead atoms. The molecule has 9 heteroatoms. The Balaban J connectivity index is 2.62. The maximum Gasteiger partial charge on any atom is 0.422 e. The zero-order valence-electron chi connectivity index (χ0n) is 10.4. The lowest BCUT2D eigenvalue weighted by atomic mass is 10.1. The van der Waals surface area contributed by atoms with Crippen LogP contribution in [0.15, 0.2) is 34.1 Å². The highest BCUT2D eigenvalue weighted by Crippen LogP contribution is 2.42. The van der Waals surface area contributed by atoms with Gasteiger partial charge in [0.25, 0.3) is 0 Å². The molecule has 1 nitrogen and oxygen atoms in total. The fourth-order valence-electron chi connectivity index (χ4n) is 1.63. The summed E-state index contributed by atoms with van der Waals surface area (Å²) in [7, 11) is 0. The van der Waals surface area contributed by atoms with Gasteiger partial charge in [-0.3, -0.25) is 0 Å². The second-order valence-corrected chi connectivity index (χ2v) is 5.15. The number of hydrogen-bond acceptors (Lipinski definition) is 2. The largest absolute Gasteiger partial charge is 0.422 e. The predicted molar refractivity (Wildman–Crippen MR) is 66.3 cm³/mol. The van der Waals surface area contributed by atoms with Crippen LogP contribution in [0.4, 0.5) is 36.4 Å². The Morgan fingerprint density at radius 3 is 1.77 bits per heavy atom. The van der Waals surface area contributed by atoms with Crippen molar-refractivity contribution in [1.82, 2.24) is 0 Å². The zero-order chi connectivity index (χ0) is 16.7. The number of alkyl halides is 3. The molecule has 0 fully saturated rings. The monoisotopic (exact) mass is 341 g/mol. The molecular weight excluding hydrogens is 335 g/mol. The van der Waals surface area contributed by atoms with Gasteiger partial charge in [0.1, 0.15) is 5.56 Å². The van der Waals surface area contributed by atoms with Gasteiger partial charge in [-0.2, -0.15) is 13.2 Å². The van der Waals surface area contributed by atoms with Gasteiger partial charge in [-0.05, 0) is 12.1 Å². The standard InChI is InChI=1S/C13H6F7NS/c14-8-7(13(18,19)20)9(15)11(17)12(10(8)16)22-6-4-2-1-3-5(6)21/h1-4H,21H2. The Bertz CT molecular complexity index is 698. The van der Waals surface area contributed by atoms with Gasteiger partial charge >= 0.3 is 6.18 Å². The normalized spacial score (nSPS) is 11.8. The van der Waals surface area contributed by atoms with Crippen molar-refractivity contribution < 1.29 is 30.7 Å². The minimum Gasteiger partial charge on any atom is -0.398 e. The molecule has 0 spiro atoms. The molecule has 0 radical (unpaired) electrons. The third kappa shape index (κ3) is 2.85. The summed E-state index contributed by atoms with van der Waals surface area (Å²) in [5, 5.41) is 0. The minimum absolute atomic E-state index is 0.0406. The zero-order valence-corrected chi connectivity index (χ0v) is 11.3. The number of para-hydroxylation sites is 1. The Hall–Kier alpha value is -1.90. The lowest BCUT2D eigenvalue weighted by molar-refractivity contribution is -0.143. The Labute approximate surface area is 123 Å². The van der Waals surface area contributed by atoms with Crippen LogP contribution in [0.25, 0.3) is 0 Å². The maximum atomic E-state index is 13.7. The van der Waals surface area contributed by atoms with Crippen LogP contribution in [0.5, 0.6) is 0 Å². The van der Waals surface area contributed by atoms with Gasteiger partial charge < -0.3 is 5.73 Å². The fraction of sp³-hybridized carbons (Fsp3) is 0.0769. The first-order valence-corrected chi connectivity index (χ1v) is 6.41. The molecule has 0 unspecified atom stereocenters. The van der Waals surface area contributed by atoms with Crippen molar-refractivity contribution in [3.05, 3.63) is 53.1 Å². The van der Waals surface area contributed by atoms with Gasteiger partial charge in [-0.25, -0.2) is 17.6 Å². The first-order chi connectivity index (χ1) is 10.1. The summed E-state index contributed by atoms with van der Waals surface area (Å²) in [6.45, 7) is 0. The van der Waals surface area contributed by atoms with E-state index in [0.717, 1.165) is 0 Å². The summed E-state index contributed by atoms with van der Waals surface area (Å²) in [6, 6.07) is 5.59. The number of benzene rings is 2. The summed E-state index contributed by atoms with van der Waals surface area (Å²) in [5.41, 5.74) is 2.95. The van der Waals surface area contributed by atoms with E-state index in [0.29, 0.717) is 0 Å². The maximum absolute atomic E-state index is 13.7. The van der Waals surface area contributed by atoms with Gasteiger partial charge in [0, 0.05) is 10.6 Å². The first kappa shape index (κ1) is 16.5. The smallest absolute Gasteiger partial charge is 0.398 e. The molecule has 0 amide bonds. The average Bonchev–Trinajstić information content (AvgIpc) is 2.42. The molecular formula is C13H6F7NS. The second kappa shape index (κ2) is 5.71. The van der Waals surface area contributed by atoms with Crippen LogP contribution in [-0.2, 0) is 6.18 Å². The number of nitrogen functional groups attached to an aromatic ring is 1. The van der Waals surface area contributed by atoms with Gasteiger partial charge in [0.2, 0.25) is 0 Å². The van der Waals surface area contributed by atoms with E-state index in [2.05, 4.69) is 0 Å². The van der Waals surface area contributed by atoms with Crippen LogP contribution in [0, 0.1) is 23.3 Å². The van der Waals surface area contributed by atoms with Gasteiger partial charge in [0.05, 0.1) is 4.90 Å². The highest BCUT2D eigenvalue weighted by molar-refractivity contribution is 7.99. The number of anilines is 1. The van der Waals surface area contributed by atoms with Crippen molar-refractivity contribution in [2.45, 2.75) is 16.0 Å². The van der Waals surface area contributed by atoms with E-state index in [1.165, 1.54) is 24.3 Å². The van der Waals surface area contributed by atoms with E-state index in [4.69, 9.17) is 5.73 Å². The van der Waals surface area contributed by atoms with E-state index in [-0.39, 0.29) is 22.3 Å². The SMILES string of the molecule is Nc1ccccc1Sc1c(F)c(F)c(C(F)(F)F)c(F)c1F.